The minimum atomic E-state index is -0.203. The van der Waals surface area contributed by atoms with E-state index in [1.165, 1.54) is 29.7 Å². The maximum Gasteiger partial charge on any atom is 0.220 e. The van der Waals surface area contributed by atoms with Crippen molar-refractivity contribution in [3.63, 3.8) is 0 Å². The molecule has 10 heteroatoms. The van der Waals surface area contributed by atoms with Gasteiger partial charge in [0.25, 0.3) is 0 Å². The lowest BCUT2D eigenvalue weighted by Crippen LogP contribution is -2.55. The molecule has 2 atom stereocenters. The summed E-state index contributed by atoms with van der Waals surface area (Å²) >= 11 is 6.95. The van der Waals surface area contributed by atoms with Gasteiger partial charge in [0.2, 0.25) is 5.91 Å². The lowest BCUT2D eigenvalue weighted by molar-refractivity contribution is -0.122. The predicted octanol–water partition coefficient (Wildman–Crippen LogP) is 8.33. The fraction of sp³-hybridized carbons (Fsp3) is 0.400. The number of halogens is 1. The molecular formula is C45H48ClN5O4. The second-order valence-electron chi connectivity index (χ2n) is 15.4. The van der Waals surface area contributed by atoms with Gasteiger partial charge in [0, 0.05) is 55.8 Å². The third-order valence-corrected chi connectivity index (χ3v) is 11.6. The molecule has 2 aliphatic heterocycles. The van der Waals surface area contributed by atoms with Crippen molar-refractivity contribution < 1.29 is 19.0 Å². The Kier molecular flexibility index (Phi) is 11.6. The summed E-state index contributed by atoms with van der Waals surface area (Å²) in [5.74, 6) is 2.09. The average Bonchev–Trinajstić information content (AvgIpc) is 3.60. The molecule has 9 nitrogen and oxygen atoms in total. The number of fused-ring (bicyclic) bond motifs is 1. The fourth-order valence-electron chi connectivity index (χ4n) is 7.94. The van der Waals surface area contributed by atoms with Crippen LogP contribution in [0.1, 0.15) is 91.0 Å². The number of likely N-dealkylation sites (tertiary alicyclic amines) is 1. The number of amides is 1. The standard InChI is InChI=1S/C45H48ClN5O4/c1-29-35(7-5-10-40(29)53-18-6-16-51-17-15-45(51,2)3)36-8-4-9-38-37(36)12-13-41(38)55-43-23-42(54-28-32-20-30(24-47)19-31(21-32)25-48)33(22-39(43)46)26-49-34-11-14-44(52)50-27-34/h4-5,7-10,19-23,34,41,49H,6,11-18,26-28H2,1-3H3,(H,50,52)/t34-,41-/m0/s1. The van der Waals surface area contributed by atoms with E-state index in [0.29, 0.717) is 64.9 Å². The molecule has 2 N–H and O–H groups in total. The van der Waals surface area contributed by atoms with Gasteiger partial charge in [0.15, 0.2) is 0 Å². The molecule has 0 unspecified atom stereocenters. The number of rotatable bonds is 14. The van der Waals surface area contributed by atoms with Crippen LogP contribution in [0.25, 0.3) is 11.1 Å². The first kappa shape index (κ1) is 38.2. The van der Waals surface area contributed by atoms with E-state index in [2.05, 4.69) is 84.8 Å². The van der Waals surface area contributed by atoms with Crippen molar-refractivity contribution in [1.82, 2.24) is 15.5 Å². The second-order valence-corrected chi connectivity index (χ2v) is 15.8. The zero-order valence-corrected chi connectivity index (χ0v) is 32.6. The molecule has 3 aliphatic rings. The molecule has 0 saturated carbocycles. The molecule has 2 saturated heterocycles. The van der Waals surface area contributed by atoms with Gasteiger partial charge in [-0.05, 0) is 117 Å². The predicted molar refractivity (Wildman–Crippen MR) is 213 cm³/mol. The Hall–Kier alpha value is -5.06. The van der Waals surface area contributed by atoms with Gasteiger partial charge in [-0.25, -0.2) is 0 Å². The number of carbonyl (C=O) groups excluding carboxylic acids is 1. The van der Waals surface area contributed by atoms with E-state index in [1.807, 2.05) is 12.1 Å². The Morgan fingerprint density at radius 3 is 2.44 bits per heavy atom. The summed E-state index contributed by atoms with van der Waals surface area (Å²) in [4.78, 5) is 14.2. The van der Waals surface area contributed by atoms with Crippen LogP contribution in [-0.4, -0.2) is 48.6 Å². The topological polar surface area (TPSA) is 120 Å². The highest BCUT2D eigenvalue weighted by molar-refractivity contribution is 6.32. The Bertz CT molecular complexity index is 2110. The van der Waals surface area contributed by atoms with Crippen molar-refractivity contribution in [2.24, 2.45) is 0 Å². The maximum atomic E-state index is 11.7. The molecule has 1 aliphatic carbocycles. The van der Waals surface area contributed by atoms with Crippen molar-refractivity contribution in [3.8, 4) is 40.5 Å². The first-order valence-electron chi connectivity index (χ1n) is 19.3. The summed E-state index contributed by atoms with van der Waals surface area (Å²) in [5.41, 5.74) is 8.55. The number of nitrogens with zero attached hydrogens (tertiary/aromatic N) is 3. The Labute approximate surface area is 329 Å². The van der Waals surface area contributed by atoms with Gasteiger partial charge in [-0.15, -0.1) is 0 Å². The first-order chi connectivity index (χ1) is 26.6. The van der Waals surface area contributed by atoms with E-state index in [-0.39, 0.29) is 24.7 Å². The minimum Gasteiger partial charge on any atom is -0.493 e. The van der Waals surface area contributed by atoms with Crippen LogP contribution >= 0.6 is 11.6 Å². The highest BCUT2D eigenvalue weighted by Crippen LogP contribution is 2.44. The molecule has 0 bridgehead atoms. The van der Waals surface area contributed by atoms with E-state index < -0.39 is 0 Å². The van der Waals surface area contributed by atoms with Crippen molar-refractivity contribution in [2.75, 3.05) is 26.2 Å². The summed E-state index contributed by atoms with van der Waals surface area (Å²) in [7, 11) is 0. The highest BCUT2D eigenvalue weighted by Gasteiger charge is 2.35. The number of benzene rings is 4. The van der Waals surface area contributed by atoms with Crippen LogP contribution in [0.5, 0.6) is 17.2 Å². The monoisotopic (exact) mass is 757 g/mol. The molecule has 0 spiro atoms. The molecule has 7 rings (SSSR count). The molecule has 4 aromatic rings. The number of ether oxygens (including phenoxy) is 3. The van der Waals surface area contributed by atoms with Crippen LogP contribution in [-0.2, 0) is 24.4 Å². The molecule has 2 fully saturated rings. The number of hydrogen-bond donors (Lipinski definition) is 2. The van der Waals surface area contributed by atoms with Crippen LogP contribution in [0, 0.1) is 29.6 Å². The van der Waals surface area contributed by atoms with Crippen molar-refractivity contribution >= 4 is 17.5 Å². The summed E-state index contributed by atoms with van der Waals surface area (Å²) in [6.45, 7) is 10.8. The lowest BCUT2D eigenvalue weighted by Gasteiger charge is -2.48. The fourth-order valence-corrected chi connectivity index (χ4v) is 8.17. The van der Waals surface area contributed by atoms with Crippen LogP contribution in [0.15, 0.2) is 66.7 Å². The second kappa shape index (κ2) is 16.8. The normalized spacial score (nSPS) is 18.7. The van der Waals surface area contributed by atoms with Crippen LogP contribution in [0.3, 0.4) is 0 Å². The SMILES string of the molecule is Cc1c(OCCCN2CCC2(C)C)cccc1-c1cccc2c1CC[C@@H]2Oc1cc(OCc2cc(C#N)cc(C#N)c2)c(CN[C@H]2CCC(=O)NC2)cc1Cl. The third kappa shape index (κ3) is 8.76. The van der Waals surface area contributed by atoms with Gasteiger partial charge in [-0.3, -0.25) is 9.69 Å². The quantitative estimate of drug-likeness (QED) is 0.123. The molecular weight excluding hydrogens is 710 g/mol. The molecule has 55 heavy (non-hydrogen) atoms. The van der Waals surface area contributed by atoms with Crippen LogP contribution in [0.4, 0.5) is 0 Å². The van der Waals surface area contributed by atoms with E-state index in [0.717, 1.165) is 54.7 Å². The largest absolute Gasteiger partial charge is 0.493 e. The van der Waals surface area contributed by atoms with Crippen LogP contribution < -0.4 is 24.8 Å². The van der Waals surface area contributed by atoms with Gasteiger partial charge in [-0.2, -0.15) is 10.5 Å². The summed E-state index contributed by atoms with van der Waals surface area (Å²) in [5, 5.41) is 25.9. The van der Waals surface area contributed by atoms with E-state index in [4.69, 9.17) is 25.8 Å². The number of piperidine rings is 1. The molecule has 4 aromatic carbocycles. The zero-order valence-electron chi connectivity index (χ0n) is 31.8. The van der Waals surface area contributed by atoms with Crippen molar-refractivity contribution in [1.29, 1.82) is 10.5 Å². The molecule has 0 radical (unpaired) electrons. The Balaban J connectivity index is 1.09. The maximum absolute atomic E-state index is 11.7. The van der Waals surface area contributed by atoms with Crippen molar-refractivity contribution in [3.05, 3.63) is 111 Å². The molecule has 284 valence electrons. The number of hydrogen-bond acceptors (Lipinski definition) is 8. The molecule has 1 amide bonds. The van der Waals surface area contributed by atoms with Gasteiger partial charge >= 0.3 is 0 Å². The van der Waals surface area contributed by atoms with E-state index in [1.54, 1.807) is 18.2 Å². The van der Waals surface area contributed by atoms with E-state index in [9.17, 15) is 15.3 Å². The van der Waals surface area contributed by atoms with Crippen LogP contribution in [0.2, 0.25) is 5.02 Å². The van der Waals surface area contributed by atoms with Gasteiger partial charge in [-0.1, -0.05) is 41.9 Å². The number of carbonyl (C=O) groups is 1. The van der Waals surface area contributed by atoms with Crippen molar-refractivity contribution in [2.45, 2.75) is 90.1 Å². The third-order valence-electron chi connectivity index (χ3n) is 11.3. The summed E-state index contributed by atoms with van der Waals surface area (Å²) < 4.78 is 19.5. The van der Waals surface area contributed by atoms with Gasteiger partial charge in [0.05, 0.1) is 34.9 Å². The average molecular weight is 758 g/mol. The zero-order chi connectivity index (χ0) is 38.5. The minimum absolute atomic E-state index is 0.0638. The molecule has 2 heterocycles. The van der Waals surface area contributed by atoms with Gasteiger partial charge < -0.3 is 24.8 Å². The molecule has 0 aromatic heterocycles. The Morgan fingerprint density at radius 2 is 1.73 bits per heavy atom. The summed E-state index contributed by atoms with van der Waals surface area (Å²) in [6.07, 6.45) is 4.94. The Morgan fingerprint density at radius 1 is 0.945 bits per heavy atom. The van der Waals surface area contributed by atoms with Gasteiger partial charge in [0.1, 0.15) is 30.0 Å². The summed E-state index contributed by atoms with van der Waals surface area (Å²) in [6, 6.07) is 25.9. The highest BCUT2D eigenvalue weighted by atomic mass is 35.5. The lowest BCUT2D eigenvalue weighted by atomic mass is 9.89. The number of nitriles is 2. The number of nitrogens with one attached hydrogen (secondary N) is 2. The smallest absolute Gasteiger partial charge is 0.220 e. The first-order valence-corrected chi connectivity index (χ1v) is 19.7. The van der Waals surface area contributed by atoms with E-state index >= 15 is 0 Å².